The van der Waals surface area contributed by atoms with Crippen molar-refractivity contribution >= 4 is 12.1 Å². The molecule has 2 unspecified atom stereocenters. The lowest BCUT2D eigenvalue weighted by molar-refractivity contribution is -0.154. The summed E-state index contributed by atoms with van der Waals surface area (Å²) in [4.78, 5) is 27.3. The Kier molecular flexibility index (Phi) is 5.57. The molecule has 1 aliphatic heterocycles. The van der Waals surface area contributed by atoms with E-state index < -0.39 is 36.0 Å². The third-order valence-corrected chi connectivity index (χ3v) is 4.39. The summed E-state index contributed by atoms with van der Waals surface area (Å²) in [5.74, 6) is -1.65. The molecule has 0 bridgehead atoms. The summed E-state index contributed by atoms with van der Waals surface area (Å²) in [7, 11) is 0. The maximum absolute atomic E-state index is 13.0. The number of imidazole rings is 1. The quantitative estimate of drug-likeness (QED) is 0.782. The van der Waals surface area contributed by atoms with Crippen LogP contribution in [-0.2, 0) is 27.0 Å². The van der Waals surface area contributed by atoms with Crippen molar-refractivity contribution in [3.63, 3.8) is 0 Å². The van der Waals surface area contributed by atoms with Crippen molar-refractivity contribution in [3.05, 3.63) is 53.6 Å². The van der Waals surface area contributed by atoms with Gasteiger partial charge in [-0.3, -0.25) is 4.79 Å². The molecule has 1 aromatic carbocycles. The number of nitrogens with zero attached hydrogens (tertiary/aromatic N) is 2. The molecular formula is C18H18F3N3O4. The van der Waals surface area contributed by atoms with Gasteiger partial charge in [-0.15, -0.1) is 0 Å². The van der Waals surface area contributed by atoms with Crippen LogP contribution in [0.3, 0.4) is 0 Å². The number of amides is 1. The van der Waals surface area contributed by atoms with E-state index in [1.807, 2.05) is 0 Å². The molecule has 150 valence electrons. The Morgan fingerprint density at radius 2 is 2.00 bits per heavy atom. The fourth-order valence-corrected chi connectivity index (χ4v) is 3.09. The zero-order valence-corrected chi connectivity index (χ0v) is 14.7. The molecule has 0 spiro atoms. The average Bonchev–Trinajstić information content (AvgIpc) is 3.10. The standard InChI is InChI=1S/C18H18F3N3O4/c19-18(20,21)14-9-24-8-4-7-12(15(24)23-14)16(25)28-13(10-27-17(22)26)11-5-2-1-3-6-11/h1-3,5-6,9,12-13H,4,7-8,10H2,(H2,22,26). The maximum Gasteiger partial charge on any atom is 0.434 e. The second kappa shape index (κ2) is 7.91. The fraction of sp³-hybridized carbons (Fsp3) is 0.389. The zero-order chi connectivity index (χ0) is 20.3. The molecule has 0 radical (unpaired) electrons. The van der Waals surface area contributed by atoms with E-state index in [2.05, 4.69) is 4.98 Å². The van der Waals surface area contributed by atoms with Crippen molar-refractivity contribution in [2.45, 2.75) is 37.6 Å². The Hall–Kier alpha value is -3.04. The fourth-order valence-electron chi connectivity index (χ4n) is 3.09. The number of rotatable bonds is 5. The van der Waals surface area contributed by atoms with Gasteiger partial charge in [0.1, 0.15) is 18.3 Å². The van der Waals surface area contributed by atoms with Gasteiger partial charge in [-0.2, -0.15) is 13.2 Å². The first kappa shape index (κ1) is 19.7. The van der Waals surface area contributed by atoms with E-state index in [0.717, 1.165) is 6.20 Å². The number of halogens is 3. The molecule has 0 saturated carbocycles. The summed E-state index contributed by atoms with van der Waals surface area (Å²) in [5, 5.41) is 0. The molecule has 2 N–H and O–H groups in total. The molecule has 0 aliphatic carbocycles. The molecule has 1 aromatic heterocycles. The van der Waals surface area contributed by atoms with Crippen molar-refractivity contribution in [3.8, 4) is 0 Å². The minimum absolute atomic E-state index is 0.0196. The normalized spacial score (nSPS) is 17.5. The highest BCUT2D eigenvalue weighted by Gasteiger charge is 2.39. The number of fused-ring (bicyclic) bond motifs is 1. The summed E-state index contributed by atoms with van der Waals surface area (Å²) in [5.41, 5.74) is 4.50. The summed E-state index contributed by atoms with van der Waals surface area (Å²) in [6, 6.07) is 8.53. The van der Waals surface area contributed by atoms with Crippen LogP contribution in [0.1, 0.15) is 41.9 Å². The molecule has 10 heteroatoms. The highest BCUT2D eigenvalue weighted by molar-refractivity contribution is 5.77. The van der Waals surface area contributed by atoms with E-state index >= 15 is 0 Å². The van der Waals surface area contributed by atoms with E-state index in [1.54, 1.807) is 30.3 Å². The molecule has 2 aromatic rings. The number of esters is 1. The minimum Gasteiger partial charge on any atom is -0.453 e. The SMILES string of the molecule is NC(=O)OCC(OC(=O)C1CCCn2cc(C(F)(F)F)nc21)c1ccccc1. The number of primary amides is 1. The molecule has 7 nitrogen and oxygen atoms in total. The number of ether oxygens (including phenoxy) is 2. The lowest BCUT2D eigenvalue weighted by atomic mass is 9.99. The van der Waals surface area contributed by atoms with Crippen molar-refractivity contribution in [1.29, 1.82) is 0 Å². The predicted octanol–water partition coefficient (Wildman–Crippen LogP) is 3.16. The van der Waals surface area contributed by atoms with Crippen LogP contribution >= 0.6 is 0 Å². The highest BCUT2D eigenvalue weighted by atomic mass is 19.4. The monoisotopic (exact) mass is 397 g/mol. The van der Waals surface area contributed by atoms with Gasteiger partial charge < -0.3 is 19.8 Å². The largest absolute Gasteiger partial charge is 0.453 e. The molecule has 28 heavy (non-hydrogen) atoms. The van der Waals surface area contributed by atoms with E-state index in [1.165, 1.54) is 4.57 Å². The molecule has 0 saturated heterocycles. The van der Waals surface area contributed by atoms with Gasteiger partial charge in [-0.05, 0) is 18.4 Å². The van der Waals surface area contributed by atoms with Crippen molar-refractivity contribution in [2.24, 2.45) is 5.73 Å². The Morgan fingerprint density at radius 3 is 2.64 bits per heavy atom. The van der Waals surface area contributed by atoms with Crippen LogP contribution in [0.25, 0.3) is 0 Å². The Balaban J connectivity index is 1.81. The van der Waals surface area contributed by atoms with Gasteiger partial charge in [0.15, 0.2) is 11.8 Å². The lowest BCUT2D eigenvalue weighted by Crippen LogP contribution is -2.27. The number of alkyl halides is 3. The van der Waals surface area contributed by atoms with E-state index in [4.69, 9.17) is 15.2 Å². The number of carbonyl (C=O) groups excluding carboxylic acids is 2. The van der Waals surface area contributed by atoms with Crippen LogP contribution in [0.2, 0.25) is 0 Å². The first-order valence-corrected chi connectivity index (χ1v) is 8.57. The van der Waals surface area contributed by atoms with Gasteiger partial charge in [-0.25, -0.2) is 9.78 Å². The number of benzene rings is 1. The number of hydrogen-bond donors (Lipinski definition) is 1. The van der Waals surface area contributed by atoms with Gasteiger partial charge in [0.05, 0.1) is 0 Å². The van der Waals surface area contributed by atoms with Gasteiger partial charge in [-0.1, -0.05) is 30.3 Å². The molecule has 2 heterocycles. The van der Waals surface area contributed by atoms with Crippen molar-refractivity contribution in [1.82, 2.24) is 9.55 Å². The predicted molar refractivity (Wildman–Crippen MR) is 90.0 cm³/mol. The van der Waals surface area contributed by atoms with Gasteiger partial charge in [0, 0.05) is 12.7 Å². The van der Waals surface area contributed by atoms with E-state index in [-0.39, 0.29) is 12.4 Å². The maximum atomic E-state index is 13.0. The Bertz CT molecular complexity index is 852. The third-order valence-electron chi connectivity index (χ3n) is 4.39. The smallest absolute Gasteiger partial charge is 0.434 e. The lowest BCUT2D eigenvalue weighted by Gasteiger charge is -2.25. The Morgan fingerprint density at radius 1 is 1.29 bits per heavy atom. The molecule has 1 aliphatic rings. The number of carbonyl (C=O) groups is 2. The highest BCUT2D eigenvalue weighted by Crippen LogP contribution is 2.34. The van der Waals surface area contributed by atoms with Crippen LogP contribution in [0.4, 0.5) is 18.0 Å². The summed E-state index contributed by atoms with van der Waals surface area (Å²) in [6.07, 6.45) is -4.84. The molecular weight excluding hydrogens is 379 g/mol. The first-order chi connectivity index (χ1) is 13.3. The van der Waals surface area contributed by atoms with Gasteiger partial charge in [0.25, 0.3) is 0 Å². The van der Waals surface area contributed by atoms with Crippen LogP contribution in [0, 0.1) is 0 Å². The molecule has 3 rings (SSSR count). The molecule has 2 atom stereocenters. The topological polar surface area (TPSA) is 96.4 Å². The van der Waals surface area contributed by atoms with Crippen LogP contribution in [0.15, 0.2) is 36.5 Å². The number of nitrogens with two attached hydrogens (primary N) is 1. The van der Waals surface area contributed by atoms with Gasteiger partial charge >= 0.3 is 18.2 Å². The van der Waals surface area contributed by atoms with Crippen molar-refractivity contribution < 1.29 is 32.2 Å². The second-order valence-corrected chi connectivity index (χ2v) is 6.34. The summed E-state index contributed by atoms with van der Waals surface area (Å²) >= 11 is 0. The Labute approximate surface area is 158 Å². The first-order valence-electron chi connectivity index (χ1n) is 8.57. The van der Waals surface area contributed by atoms with E-state index in [0.29, 0.717) is 24.9 Å². The molecule has 0 fully saturated rings. The van der Waals surface area contributed by atoms with E-state index in [9.17, 15) is 22.8 Å². The zero-order valence-electron chi connectivity index (χ0n) is 14.7. The van der Waals surface area contributed by atoms with Crippen LogP contribution in [0.5, 0.6) is 0 Å². The average molecular weight is 397 g/mol. The number of hydrogen-bond acceptors (Lipinski definition) is 5. The summed E-state index contributed by atoms with van der Waals surface area (Å²) < 4.78 is 50.4. The van der Waals surface area contributed by atoms with Crippen LogP contribution < -0.4 is 5.73 Å². The summed E-state index contributed by atoms with van der Waals surface area (Å²) in [6.45, 7) is 0.0368. The third kappa shape index (κ3) is 4.44. The number of aromatic nitrogens is 2. The second-order valence-electron chi connectivity index (χ2n) is 6.34. The molecule has 1 amide bonds. The van der Waals surface area contributed by atoms with Crippen LogP contribution in [-0.4, -0.2) is 28.2 Å². The van der Waals surface area contributed by atoms with Gasteiger partial charge in [0.2, 0.25) is 0 Å². The number of aryl methyl sites for hydroxylation is 1. The minimum atomic E-state index is -4.60. The van der Waals surface area contributed by atoms with Crippen molar-refractivity contribution in [2.75, 3.05) is 6.61 Å².